The van der Waals surface area contributed by atoms with Gasteiger partial charge in [-0.15, -0.1) is 0 Å². The Morgan fingerprint density at radius 2 is 1.95 bits per heavy atom. The summed E-state index contributed by atoms with van der Waals surface area (Å²) in [5.41, 5.74) is -0.635. The monoisotopic (exact) mass is 274 g/mol. The van der Waals surface area contributed by atoms with Crippen LogP contribution in [0.2, 0.25) is 0 Å². The first-order valence-corrected chi connectivity index (χ1v) is 5.96. The Bertz CT molecular complexity index is 432. The van der Waals surface area contributed by atoms with Crippen LogP contribution in [0.5, 0.6) is 0 Å². The zero-order valence-corrected chi connectivity index (χ0v) is 10.8. The van der Waals surface area contributed by atoms with E-state index in [2.05, 4.69) is 10.6 Å². The van der Waals surface area contributed by atoms with Crippen molar-refractivity contribution in [3.8, 4) is 0 Å². The summed E-state index contributed by atoms with van der Waals surface area (Å²) in [7, 11) is 1.70. The van der Waals surface area contributed by atoms with Gasteiger partial charge in [0.25, 0.3) is 0 Å². The zero-order valence-electron chi connectivity index (χ0n) is 10.8. The molecule has 19 heavy (non-hydrogen) atoms. The van der Waals surface area contributed by atoms with Crippen molar-refractivity contribution >= 4 is 5.91 Å². The maximum absolute atomic E-state index is 12.8. The maximum atomic E-state index is 12.8. The summed E-state index contributed by atoms with van der Waals surface area (Å²) in [4.78, 5) is 11.5. The van der Waals surface area contributed by atoms with Crippen LogP contribution in [-0.4, -0.2) is 19.5 Å². The molecule has 0 aromatic heterocycles. The lowest BCUT2D eigenvalue weighted by Gasteiger charge is -2.19. The highest BCUT2D eigenvalue weighted by molar-refractivity contribution is 5.76. The molecule has 2 N–H and O–H groups in total. The van der Waals surface area contributed by atoms with Crippen molar-refractivity contribution in [2.24, 2.45) is 0 Å². The molecule has 0 heterocycles. The number of carbonyl (C=O) groups excluding carboxylic acids is 1. The molecule has 1 aromatic carbocycles. The highest BCUT2D eigenvalue weighted by Crippen LogP contribution is 2.34. The molecule has 0 aliphatic carbocycles. The van der Waals surface area contributed by atoms with Gasteiger partial charge in [0.15, 0.2) is 0 Å². The van der Waals surface area contributed by atoms with E-state index >= 15 is 0 Å². The number of halogens is 3. The lowest BCUT2D eigenvalue weighted by Crippen LogP contribution is -2.30. The fraction of sp³-hybridized carbons (Fsp3) is 0.462. The van der Waals surface area contributed by atoms with Crippen molar-refractivity contribution in [3.05, 3.63) is 35.4 Å². The van der Waals surface area contributed by atoms with E-state index in [0.717, 1.165) is 6.07 Å². The van der Waals surface area contributed by atoms with Crippen molar-refractivity contribution in [1.82, 2.24) is 10.6 Å². The van der Waals surface area contributed by atoms with Gasteiger partial charge in [0.1, 0.15) is 0 Å². The Morgan fingerprint density at radius 3 is 2.53 bits per heavy atom. The van der Waals surface area contributed by atoms with Gasteiger partial charge in [0.05, 0.1) is 11.6 Å². The normalized spacial score (nSPS) is 13.1. The van der Waals surface area contributed by atoms with Gasteiger partial charge in [-0.2, -0.15) is 13.2 Å². The van der Waals surface area contributed by atoms with E-state index in [1.807, 2.05) is 0 Å². The van der Waals surface area contributed by atoms with Gasteiger partial charge >= 0.3 is 6.18 Å². The minimum absolute atomic E-state index is 0.0767. The summed E-state index contributed by atoms with van der Waals surface area (Å²) in [6.45, 7) is 2.03. The Kier molecular flexibility index (Phi) is 5.35. The van der Waals surface area contributed by atoms with E-state index in [9.17, 15) is 18.0 Å². The number of rotatable bonds is 5. The largest absolute Gasteiger partial charge is 0.416 e. The Balaban J connectivity index is 2.82. The zero-order chi connectivity index (χ0) is 14.5. The number of carbonyl (C=O) groups is 1. The molecule has 0 aliphatic heterocycles. The lowest BCUT2D eigenvalue weighted by molar-refractivity contribution is -0.138. The second kappa shape index (κ2) is 6.56. The van der Waals surface area contributed by atoms with Gasteiger partial charge in [-0.3, -0.25) is 4.79 Å². The first-order valence-electron chi connectivity index (χ1n) is 5.96. The van der Waals surface area contributed by atoms with Gasteiger partial charge in [-0.25, -0.2) is 0 Å². The van der Waals surface area contributed by atoms with Crippen molar-refractivity contribution < 1.29 is 18.0 Å². The molecule has 0 aliphatic rings. The van der Waals surface area contributed by atoms with E-state index in [1.165, 1.54) is 18.2 Å². The van der Waals surface area contributed by atoms with Crippen LogP contribution in [0.25, 0.3) is 0 Å². The summed E-state index contributed by atoms with van der Waals surface area (Å²) >= 11 is 0. The molecule has 0 spiro atoms. The van der Waals surface area contributed by atoms with Crippen LogP contribution in [0.3, 0.4) is 0 Å². The summed E-state index contributed by atoms with van der Waals surface area (Å²) < 4.78 is 38.5. The van der Waals surface area contributed by atoms with Crippen molar-refractivity contribution in [1.29, 1.82) is 0 Å². The van der Waals surface area contributed by atoms with Crippen LogP contribution in [0, 0.1) is 0 Å². The molecule has 6 heteroatoms. The van der Waals surface area contributed by atoms with Crippen molar-refractivity contribution in [3.63, 3.8) is 0 Å². The van der Waals surface area contributed by atoms with Crippen LogP contribution in [0.4, 0.5) is 13.2 Å². The second-order valence-corrected chi connectivity index (χ2v) is 4.23. The highest BCUT2D eigenvalue weighted by atomic mass is 19.4. The minimum atomic E-state index is -4.42. The predicted octanol–water partition coefficient (Wildman–Crippen LogP) is 2.49. The maximum Gasteiger partial charge on any atom is 0.416 e. The fourth-order valence-corrected chi connectivity index (χ4v) is 1.76. The third-order valence-electron chi connectivity index (χ3n) is 2.71. The molecular formula is C13H17F3N2O. The molecule has 1 aromatic rings. The van der Waals surface area contributed by atoms with Gasteiger partial charge in [0.2, 0.25) is 5.91 Å². The third-order valence-corrected chi connectivity index (χ3v) is 2.71. The highest BCUT2D eigenvalue weighted by Gasteiger charge is 2.34. The molecule has 0 radical (unpaired) electrons. The minimum Gasteiger partial charge on any atom is -0.350 e. The average Bonchev–Trinajstić information content (AvgIpc) is 2.35. The molecule has 1 atom stereocenters. The van der Waals surface area contributed by atoms with E-state index in [0.29, 0.717) is 6.54 Å². The molecule has 0 bridgehead atoms. The number of hydrogen-bond donors (Lipinski definition) is 2. The van der Waals surface area contributed by atoms with Gasteiger partial charge in [-0.1, -0.05) is 18.2 Å². The lowest BCUT2D eigenvalue weighted by atomic mass is 10.0. The number of benzene rings is 1. The molecule has 1 amide bonds. The van der Waals surface area contributed by atoms with Crippen LogP contribution in [-0.2, 0) is 11.0 Å². The molecule has 0 saturated carbocycles. The molecule has 0 saturated heterocycles. The van der Waals surface area contributed by atoms with Crippen LogP contribution >= 0.6 is 0 Å². The quantitative estimate of drug-likeness (QED) is 0.866. The first kappa shape index (κ1) is 15.5. The summed E-state index contributed by atoms with van der Waals surface area (Å²) in [6.07, 6.45) is -4.18. The standard InChI is InChI=1S/C13H17F3N2O/c1-9(18-12(19)7-8-17-2)10-5-3-4-6-11(10)13(14,15)16/h3-6,9,17H,7-8H2,1-2H3,(H,18,19). The van der Waals surface area contributed by atoms with E-state index in [4.69, 9.17) is 0 Å². The van der Waals surface area contributed by atoms with E-state index in [-0.39, 0.29) is 17.9 Å². The van der Waals surface area contributed by atoms with Gasteiger partial charge < -0.3 is 10.6 Å². The number of amides is 1. The smallest absolute Gasteiger partial charge is 0.350 e. The van der Waals surface area contributed by atoms with E-state index in [1.54, 1.807) is 14.0 Å². The molecule has 3 nitrogen and oxygen atoms in total. The predicted molar refractivity (Wildman–Crippen MR) is 66.5 cm³/mol. The topological polar surface area (TPSA) is 41.1 Å². The first-order chi connectivity index (χ1) is 8.86. The summed E-state index contributed by atoms with van der Waals surface area (Å²) in [5.74, 6) is -0.279. The summed E-state index contributed by atoms with van der Waals surface area (Å²) in [6, 6.07) is 4.59. The molecule has 0 fully saturated rings. The van der Waals surface area contributed by atoms with Crippen molar-refractivity contribution in [2.45, 2.75) is 25.6 Å². The number of nitrogens with one attached hydrogen (secondary N) is 2. The number of hydrogen-bond acceptors (Lipinski definition) is 2. The van der Waals surface area contributed by atoms with E-state index < -0.39 is 17.8 Å². The Hall–Kier alpha value is -1.56. The Morgan fingerprint density at radius 1 is 1.32 bits per heavy atom. The van der Waals surface area contributed by atoms with Gasteiger partial charge in [-0.05, 0) is 25.6 Å². The molecule has 1 rings (SSSR count). The fourth-order valence-electron chi connectivity index (χ4n) is 1.76. The third kappa shape index (κ3) is 4.55. The van der Waals surface area contributed by atoms with Crippen molar-refractivity contribution in [2.75, 3.05) is 13.6 Å². The van der Waals surface area contributed by atoms with Crippen LogP contribution < -0.4 is 10.6 Å². The van der Waals surface area contributed by atoms with Crippen LogP contribution in [0.1, 0.15) is 30.5 Å². The molecule has 1 unspecified atom stereocenters. The second-order valence-electron chi connectivity index (χ2n) is 4.23. The SMILES string of the molecule is CNCCC(=O)NC(C)c1ccccc1C(F)(F)F. The molecule has 106 valence electrons. The Labute approximate surface area is 110 Å². The van der Waals surface area contributed by atoms with Crippen LogP contribution in [0.15, 0.2) is 24.3 Å². The molecular weight excluding hydrogens is 257 g/mol. The number of alkyl halides is 3. The summed E-state index contributed by atoms with van der Waals surface area (Å²) in [5, 5.41) is 5.37. The average molecular weight is 274 g/mol. The van der Waals surface area contributed by atoms with Gasteiger partial charge in [0, 0.05) is 13.0 Å².